The topological polar surface area (TPSA) is 53.1 Å². The number of nitrogens with zero attached hydrogens (tertiary/aromatic N) is 3. The molecule has 2 aromatic heterocycles. The van der Waals surface area contributed by atoms with Crippen LogP contribution in [0.5, 0.6) is 5.75 Å². The molecule has 0 amide bonds. The number of benzene rings is 2. The van der Waals surface area contributed by atoms with Crippen LogP contribution in [0.3, 0.4) is 0 Å². The molecule has 2 heterocycles. The number of hydrogen-bond acceptors (Lipinski definition) is 5. The van der Waals surface area contributed by atoms with E-state index in [2.05, 4.69) is 42.8 Å². The summed E-state index contributed by atoms with van der Waals surface area (Å²) in [7, 11) is 0. The number of ether oxygens (including phenoxy) is 1. The molecule has 0 spiro atoms. The predicted molar refractivity (Wildman–Crippen MR) is 118 cm³/mol. The van der Waals surface area contributed by atoms with Crippen molar-refractivity contribution in [1.82, 2.24) is 14.8 Å². The smallest absolute Gasteiger partial charge is 0.200 e. The molecule has 0 saturated carbocycles. The Bertz CT molecular complexity index is 1080. The quantitative estimate of drug-likeness (QED) is 0.240. The van der Waals surface area contributed by atoms with Crippen LogP contribution in [0.25, 0.3) is 11.6 Å². The van der Waals surface area contributed by atoms with Crippen LogP contribution in [-0.2, 0) is 6.54 Å². The summed E-state index contributed by atoms with van der Waals surface area (Å²) in [5.41, 5.74) is 2.31. The number of furan rings is 1. The summed E-state index contributed by atoms with van der Waals surface area (Å²) in [6.45, 7) is 3.31. The minimum absolute atomic E-state index is 0.593. The summed E-state index contributed by atoms with van der Waals surface area (Å²) in [6, 6.07) is 22.1. The first-order chi connectivity index (χ1) is 14.2. The van der Waals surface area contributed by atoms with Crippen molar-refractivity contribution >= 4 is 27.7 Å². The van der Waals surface area contributed by atoms with Gasteiger partial charge in [0.2, 0.25) is 5.82 Å². The highest BCUT2D eigenvalue weighted by atomic mass is 79.9. The van der Waals surface area contributed by atoms with E-state index in [9.17, 15) is 0 Å². The fraction of sp³-hybridized carbons (Fsp3) is 0.182. The van der Waals surface area contributed by atoms with E-state index >= 15 is 0 Å². The van der Waals surface area contributed by atoms with E-state index in [1.54, 1.807) is 11.8 Å². The Kier molecular flexibility index (Phi) is 6.36. The molecule has 4 aromatic rings. The average molecular weight is 470 g/mol. The Morgan fingerprint density at radius 1 is 1.00 bits per heavy atom. The summed E-state index contributed by atoms with van der Waals surface area (Å²) in [5.74, 6) is 3.08. The van der Waals surface area contributed by atoms with Gasteiger partial charge in [0.05, 0.1) is 13.2 Å². The van der Waals surface area contributed by atoms with Gasteiger partial charge in [-0.1, -0.05) is 60.3 Å². The van der Waals surface area contributed by atoms with Crippen LogP contribution < -0.4 is 4.74 Å². The second-order valence-corrected chi connectivity index (χ2v) is 8.29. The van der Waals surface area contributed by atoms with Crippen LogP contribution >= 0.6 is 27.7 Å². The van der Waals surface area contributed by atoms with Crippen LogP contribution in [0.15, 0.2) is 81.0 Å². The van der Waals surface area contributed by atoms with Gasteiger partial charge in [0.1, 0.15) is 5.75 Å². The van der Waals surface area contributed by atoms with Crippen LogP contribution in [-0.4, -0.2) is 27.1 Å². The Labute approximate surface area is 182 Å². The Morgan fingerprint density at radius 2 is 1.79 bits per heavy atom. The van der Waals surface area contributed by atoms with Crippen molar-refractivity contribution in [1.29, 1.82) is 0 Å². The maximum atomic E-state index is 5.91. The van der Waals surface area contributed by atoms with Gasteiger partial charge in [-0.25, -0.2) is 0 Å². The molecule has 0 fully saturated rings. The van der Waals surface area contributed by atoms with Gasteiger partial charge >= 0.3 is 0 Å². The first-order valence-corrected chi connectivity index (χ1v) is 11.0. The lowest BCUT2D eigenvalue weighted by molar-refractivity contribution is 0.341. The first-order valence-electron chi connectivity index (χ1n) is 9.25. The molecule has 5 nitrogen and oxygen atoms in total. The average Bonchev–Trinajstić information content (AvgIpc) is 3.33. The molecular formula is C22H20BrN3O2S. The predicted octanol–water partition coefficient (Wildman–Crippen LogP) is 5.83. The van der Waals surface area contributed by atoms with E-state index in [0.29, 0.717) is 29.4 Å². The standard InChI is InChI=1S/C22H20BrN3O2S/c1-16-7-5-6-10-18(16)27-13-14-29-22-25-24-21(19-11-12-20(23)28-19)26(22)15-17-8-3-2-4-9-17/h2-12H,13-15H2,1H3. The van der Waals surface area contributed by atoms with Crippen LogP contribution in [0.2, 0.25) is 0 Å². The number of para-hydroxylation sites is 1. The maximum Gasteiger partial charge on any atom is 0.200 e. The minimum atomic E-state index is 0.593. The maximum absolute atomic E-state index is 5.91. The number of aryl methyl sites for hydroxylation is 1. The lowest BCUT2D eigenvalue weighted by atomic mass is 10.2. The van der Waals surface area contributed by atoms with Gasteiger partial charge in [-0.3, -0.25) is 4.57 Å². The summed E-state index contributed by atoms with van der Waals surface area (Å²) >= 11 is 4.99. The van der Waals surface area contributed by atoms with Gasteiger partial charge in [0, 0.05) is 5.75 Å². The molecule has 148 valence electrons. The molecule has 0 N–H and O–H groups in total. The summed E-state index contributed by atoms with van der Waals surface area (Å²) in [5, 5.41) is 9.63. The third-order valence-electron chi connectivity index (χ3n) is 4.36. The monoisotopic (exact) mass is 469 g/mol. The molecular weight excluding hydrogens is 450 g/mol. The minimum Gasteiger partial charge on any atom is -0.492 e. The van der Waals surface area contributed by atoms with Crippen molar-refractivity contribution in [2.75, 3.05) is 12.4 Å². The zero-order valence-corrected chi connectivity index (χ0v) is 18.3. The normalized spacial score (nSPS) is 11.0. The van der Waals surface area contributed by atoms with E-state index in [0.717, 1.165) is 22.2 Å². The lowest BCUT2D eigenvalue weighted by Gasteiger charge is -2.10. The highest BCUT2D eigenvalue weighted by Crippen LogP contribution is 2.28. The molecule has 0 bridgehead atoms. The van der Waals surface area contributed by atoms with Crippen LogP contribution in [0.4, 0.5) is 0 Å². The first kappa shape index (κ1) is 19.8. The van der Waals surface area contributed by atoms with E-state index in [-0.39, 0.29) is 0 Å². The van der Waals surface area contributed by atoms with Gasteiger partial charge in [-0.15, -0.1) is 10.2 Å². The molecule has 4 rings (SSSR count). The van der Waals surface area contributed by atoms with E-state index in [4.69, 9.17) is 9.15 Å². The van der Waals surface area contributed by atoms with Gasteiger partial charge in [-0.2, -0.15) is 0 Å². The largest absolute Gasteiger partial charge is 0.492 e. The van der Waals surface area contributed by atoms with Gasteiger partial charge in [0.25, 0.3) is 0 Å². The highest BCUT2D eigenvalue weighted by Gasteiger charge is 2.17. The molecule has 0 unspecified atom stereocenters. The SMILES string of the molecule is Cc1ccccc1OCCSc1nnc(-c2ccc(Br)o2)n1Cc1ccccc1. The number of hydrogen-bond donors (Lipinski definition) is 0. The third-order valence-corrected chi connectivity index (χ3v) is 5.72. The van der Waals surface area contributed by atoms with E-state index in [1.807, 2.05) is 61.5 Å². The zero-order chi connectivity index (χ0) is 20.1. The molecule has 0 atom stereocenters. The molecule has 7 heteroatoms. The number of rotatable bonds is 8. The fourth-order valence-electron chi connectivity index (χ4n) is 2.92. The van der Waals surface area contributed by atoms with E-state index < -0.39 is 0 Å². The second-order valence-electron chi connectivity index (χ2n) is 6.44. The number of thioether (sulfide) groups is 1. The number of aromatic nitrogens is 3. The number of halogens is 1. The van der Waals surface area contributed by atoms with E-state index in [1.165, 1.54) is 5.56 Å². The Morgan fingerprint density at radius 3 is 2.55 bits per heavy atom. The zero-order valence-electron chi connectivity index (χ0n) is 15.9. The highest BCUT2D eigenvalue weighted by molar-refractivity contribution is 9.10. The van der Waals surface area contributed by atoms with Crippen molar-refractivity contribution in [2.24, 2.45) is 0 Å². The second kappa shape index (κ2) is 9.33. The molecule has 0 aliphatic heterocycles. The van der Waals surface area contributed by atoms with Crippen molar-refractivity contribution in [3.63, 3.8) is 0 Å². The van der Waals surface area contributed by atoms with Crippen molar-refractivity contribution in [2.45, 2.75) is 18.6 Å². The van der Waals surface area contributed by atoms with Crippen LogP contribution in [0, 0.1) is 6.92 Å². The molecule has 2 aromatic carbocycles. The van der Waals surface area contributed by atoms with Crippen molar-refractivity contribution in [3.8, 4) is 17.3 Å². The summed E-state index contributed by atoms with van der Waals surface area (Å²) in [4.78, 5) is 0. The molecule has 0 saturated heterocycles. The third kappa shape index (κ3) is 4.92. The molecule has 0 radical (unpaired) electrons. The Balaban J connectivity index is 1.50. The van der Waals surface area contributed by atoms with Crippen molar-refractivity contribution < 1.29 is 9.15 Å². The van der Waals surface area contributed by atoms with Gasteiger partial charge < -0.3 is 9.15 Å². The summed E-state index contributed by atoms with van der Waals surface area (Å²) < 4.78 is 14.4. The molecule has 0 aliphatic rings. The van der Waals surface area contributed by atoms with Gasteiger partial charge in [-0.05, 0) is 52.2 Å². The van der Waals surface area contributed by atoms with Crippen molar-refractivity contribution in [3.05, 3.63) is 82.5 Å². The summed E-state index contributed by atoms with van der Waals surface area (Å²) in [6.07, 6.45) is 0. The molecule has 0 aliphatic carbocycles. The van der Waals surface area contributed by atoms with Crippen LogP contribution in [0.1, 0.15) is 11.1 Å². The van der Waals surface area contributed by atoms with Gasteiger partial charge in [0.15, 0.2) is 15.6 Å². The Hall–Kier alpha value is -2.51. The lowest BCUT2D eigenvalue weighted by Crippen LogP contribution is -2.06. The molecule has 29 heavy (non-hydrogen) atoms. The fourth-order valence-corrected chi connectivity index (χ4v) is 3.98.